The molecule has 0 aliphatic carbocycles. The molecule has 1 aromatic heterocycles. The molecule has 0 atom stereocenters. The molecule has 0 aromatic carbocycles. The number of anilines is 1. The van der Waals surface area contributed by atoms with E-state index in [9.17, 15) is 10.1 Å². The summed E-state index contributed by atoms with van der Waals surface area (Å²) in [6.45, 7) is 0.823. The fourth-order valence-corrected chi connectivity index (χ4v) is 1.02. The summed E-state index contributed by atoms with van der Waals surface area (Å²) < 4.78 is 4.79. The Kier molecular flexibility index (Phi) is 4.19. The van der Waals surface area contributed by atoms with E-state index in [1.807, 2.05) is 0 Å². The molecule has 82 valence electrons. The maximum atomic E-state index is 10.6. The van der Waals surface area contributed by atoms with E-state index in [0.29, 0.717) is 13.2 Å². The van der Waals surface area contributed by atoms with Gasteiger partial charge in [0.2, 0.25) is 11.1 Å². The first-order valence-corrected chi connectivity index (χ1v) is 4.42. The van der Waals surface area contributed by atoms with Gasteiger partial charge in [-0.2, -0.15) is 4.98 Å². The number of rotatable bonds is 5. The number of nitro groups is 1. The number of nitrogens with zero attached hydrogens (tertiary/aromatic N) is 3. The minimum Gasteiger partial charge on any atom is -0.383 e. The zero-order valence-corrected chi connectivity index (χ0v) is 8.69. The van der Waals surface area contributed by atoms with Gasteiger partial charge in [-0.15, -0.1) is 0 Å². The Bertz CT molecular complexity index is 360. The predicted octanol–water partition coefficient (Wildman–Crippen LogP) is 1.10. The van der Waals surface area contributed by atoms with Crippen molar-refractivity contribution in [3.05, 3.63) is 21.6 Å². The molecular weight excluding hydrogens is 224 g/mol. The quantitative estimate of drug-likeness (QED) is 0.354. The van der Waals surface area contributed by atoms with Crippen molar-refractivity contribution < 1.29 is 9.66 Å². The van der Waals surface area contributed by atoms with Gasteiger partial charge in [0.15, 0.2) is 0 Å². The molecule has 0 bridgehead atoms. The zero-order valence-electron chi connectivity index (χ0n) is 7.94. The monoisotopic (exact) mass is 232 g/mol. The van der Waals surface area contributed by atoms with Crippen LogP contribution in [0.1, 0.15) is 0 Å². The summed E-state index contributed by atoms with van der Waals surface area (Å²) >= 11 is 5.52. The third kappa shape index (κ3) is 3.30. The van der Waals surface area contributed by atoms with Crippen molar-refractivity contribution in [3.8, 4) is 0 Å². The van der Waals surface area contributed by atoms with E-state index in [1.54, 1.807) is 0 Å². The van der Waals surface area contributed by atoms with Crippen LogP contribution in [0, 0.1) is 10.1 Å². The van der Waals surface area contributed by atoms with Crippen molar-refractivity contribution >= 4 is 23.1 Å². The molecule has 7 nitrogen and oxygen atoms in total. The molecule has 1 N–H and O–H groups in total. The molecule has 0 aliphatic heterocycles. The van der Waals surface area contributed by atoms with Crippen molar-refractivity contribution in [1.29, 1.82) is 0 Å². The van der Waals surface area contributed by atoms with Gasteiger partial charge in [0, 0.05) is 13.7 Å². The van der Waals surface area contributed by atoms with E-state index >= 15 is 0 Å². The lowest BCUT2D eigenvalue weighted by molar-refractivity contribution is -0.384. The van der Waals surface area contributed by atoms with Gasteiger partial charge in [0.05, 0.1) is 11.5 Å². The molecule has 0 radical (unpaired) electrons. The first-order valence-electron chi connectivity index (χ1n) is 4.05. The van der Waals surface area contributed by atoms with Crippen LogP contribution in [0.15, 0.2) is 6.20 Å². The van der Waals surface area contributed by atoms with Crippen molar-refractivity contribution in [3.63, 3.8) is 0 Å². The average molecular weight is 233 g/mol. The highest BCUT2D eigenvalue weighted by atomic mass is 35.5. The molecule has 8 heteroatoms. The van der Waals surface area contributed by atoms with Crippen molar-refractivity contribution in [2.45, 2.75) is 0 Å². The van der Waals surface area contributed by atoms with Crippen molar-refractivity contribution in [2.75, 3.05) is 25.6 Å². The molecular formula is C7H9ClN4O3. The lowest BCUT2D eigenvalue weighted by Gasteiger charge is -2.04. The van der Waals surface area contributed by atoms with Gasteiger partial charge in [0.25, 0.3) is 0 Å². The van der Waals surface area contributed by atoms with Crippen LogP contribution in [0.3, 0.4) is 0 Å². The Morgan fingerprint density at radius 2 is 2.47 bits per heavy atom. The highest BCUT2D eigenvalue weighted by molar-refractivity contribution is 6.28. The second-order valence-corrected chi connectivity index (χ2v) is 2.89. The number of ether oxygens (including phenoxy) is 1. The number of halogens is 1. The van der Waals surface area contributed by atoms with E-state index in [2.05, 4.69) is 15.3 Å². The fourth-order valence-electron chi connectivity index (χ4n) is 0.889. The fraction of sp³-hybridized carbons (Fsp3) is 0.429. The summed E-state index contributed by atoms with van der Waals surface area (Å²) in [4.78, 5) is 17.2. The van der Waals surface area contributed by atoms with Gasteiger partial charge in [-0.1, -0.05) is 0 Å². The van der Waals surface area contributed by atoms with E-state index in [0.717, 1.165) is 6.20 Å². The van der Waals surface area contributed by atoms with E-state index in [-0.39, 0.29) is 16.8 Å². The Balaban J connectivity index is 2.82. The molecule has 0 aliphatic rings. The minimum absolute atomic E-state index is 0.0412. The number of aromatic nitrogens is 2. The molecule has 0 fully saturated rings. The van der Waals surface area contributed by atoms with Crippen LogP contribution >= 0.6 is 11.6 Å². The van der Waals surface area contributed by atoms with E-state index < -0.39 is 4.92 Å². The Hall–Kier alpha value is -1.47. The van der Waals surface area contributed by atoms with Gasteiger partial charge in [0.1, 0.15) is 6.20 Å². The van der Waals surface area contributed by atoms with Gasteiger partial charge in [-0.3, -0.25) is 10.1 Å². The minimum atomic E-state index is -0.578. The summed E-state index contributed by atoms with van der Waals surface area (Å²) in [6, 6.07) is 0. The van der Waals surface area contributed by atoms with E-state index in [1.165, 1.54) is 7.11 Å². The maximum Gasteiger partial charge on any atom is 0.329 e. The highest BCUT2D eigenvalue weighted by Crippen LogP contribution is 2.21. The maximum absolute atomic E-state index is 10.6. The van der Waals surface area contributed by atoms with E-state index in [4.69, 9.17) is 16.3 Å². The van der Waals surface area contributed by atoms with Crippen LogP contribution in [-0.4, -0.2) is 35.2 Å². The molecule has 15 heavy (non-hydrogen) atoms. The van der Waals surface area contributed by atoms with Crippen LogP contribution < -0.4 is 5.32 Å². The van der Waals surface area contributed by atoms with Crippen molar-refractivity contribution in [2.24, 2.45) is 0 Å². The summed E-state index contributed by atoms with van der Waals surface area (Å²) in [5, 5.41) is 13.3. The second-order valence-electron chi connectivity index (χ2n) is 2.55. The molecule has 1 heterocycles. The summed E-state index contributed by atoms with van der Waals surface area (Å²) in [5.41, 5.74) is -0.212. The third-order valence-electron chi connectivity index (χ3n) is 1.54. The molecule has 0 saturated carbocycles. The smallest absolute Gasteiger partial charge is 0.329 e. The second kappa shape index (κ2) is 5.42. The van der Waals surface area contributed by atoms with Gasteiger partial charge in [-0.25, -0.2) is 4.98 Å². The van der Waals surface area contributed by atoms with Gasteiger partial charge < -0.3 is 10.1 Å². The van der Waals surface area contributed by atoms with Gasteiger partial charge >= 0.3 is 5.69 Å². The SMILES string of the molecule is COCCNc1nc(Cl)ncc1[N+](=O)[O-]. The van der Waals surface area contributed by atoms with Crippen LogP contribution in [0.4, 0.5) is 11.5 Å². The first-order chi connectivity index (χ1) is 7.15. The Morgan fingerprint density at radius 3 is 3.07 bits per heavy atom. The number of nitrogens with one attached hydrogen (secondary N) is 1. The molecule has 0 spiro atoms. The number of hydrogen-bond acceptors (Lipinski definition) is 6. The Morgan fingerprint density at radius 1 is 1.73 bits per heavy atom. The third-order valence-corrected chi connectivity index (χ3v) is 1.72. The molecule has 1 aromatic rings. The molecule has 1 rings (SSSR count). The van der Waals surface area contributed by atoms with Crippen LogP contribution in [-0.2, 0) is 4.74 Å². The standard InChI is InChI=1S/C7H9ClN4O3/c1-15-3-2-9-6-5(12(13)14)4-10-7(8)11-6/h4H,2-3H2,1H3,(H,9,10,11). The molecule has 0 amide bonds. The number of methoxy groups -OCH3 is 1. The highest BCUT2D eigenvalue weighted by Gasteiger charge is 2.15. The normalized spacial score (nSPS) is 10.0. The lowest BCUT2D eigenvalue weighted by atomic mass is 10.5. The topological polar surface area (TPSA) is 90.2 Å². The first kappa shape index (κ1) is 11.6. The van der Waals surface area contributed by atoms with Crippen LogP contribution in [0.25, 0.3) is 0 Å². The van der Waals surface area contributed by atoms with Crippen LogP contribution in [0.5, 0.6) is 0 Å². The lowest BCUT2D eigenvalue weighted by Crippen LogP contribution is -2.11. The molecule has 0 saturated heterocycles. The largest absolute Gasteiger partial charge is 0.383 e. The summed E-state index contributed by atoms with van der Waals surface area (Å²) in [7, 11) is 1.53. The number of hydrogen-bond donors (Lipinski definition) is 1. The van der Waals surface area contributed by atoms with Crippen molar-refractivity contribution in [1.82, 2.24) is 9.97 Å². The molecule has 0 unspecified atom stereocenters. The summed E-state index contributed by atoms with van der Waals surface area (Å²) in [5.74, 6) is 0.0945. The zero-order chi connectivity index (χ0) is 11.3. The Labute approximate surface area is 90.6 Å². The average Bonchev–Trinajstić information content (AvgIpc) is 2.18. The van der Waals surface area contributed by atoms with Crippen LogP contribution in [0.2, 0.25) is 5.28 Å². The van der Waals surface area contributed by atoms with Gasteiger partial charge in [-0.05, 0) is 11.6 Å². The summed E-state index contributed by atoms with van der Waals surface area (Å²) in [6.07, 6.45) is 1.06. The predicted molar refractivity (Wildman–Crippen MR) is 54.1 cm³/mol.